The Hall–Kier alpha value is -6.65. The van der Waals surface area contributed by atoms with Crippen molar-refractivity contribution in [2.24, 2.45) is 0 Å². The van der Waals surface area contributed by atoms with E-state index in [9.17, 15) is 19.8 Å². The number of nitrogens with zero attached hydrogens (tertiary/aromatic N) is 9. The molecule has 0 radical (unpaired) electrons. The molecule has 2 aliphatic carbocycles. The molecule has 77 heavy (non-hydrogen) atoms. The third-order valence-electron chi connectivity index (χ3n) is 13.2. The van der Waals surface area contributed by atoms with Gasteiger partial charge in [-0.3, -0.25) is 19.0 Å². The fraction of sp³-hybridized carbons (Fsp3) is 0.333. The summed E-state index contributed by atoms with van der Waals surface area (Å²) in [5.74, 6) is 0.848. The summed E-state index contributed by atoms with van der Waals surface area (Å²) in [6.07, 6.45) is 25.7. The number of hydrogen-bond acceptors (Lipinski definition) is 14. The Morgan fingerprint density at radius 1 is 0.753 bits per heavy atom. The first-order valence-corrected chi connectivity index (χ1v) is 27.3. The van der Waals surface area contributed by atoms with Gasteiger partial charge in [-0.2, -0.15) is 10.2 Å². The zero-order valence-corrected chi connectivity index (χ0v) is 46.4. The summed E-state index contributed by atoms with van der Waals surface area (Å²) in [5, 5.41) is 43.7. The van der Waals surface area contributed by atoms with Crippen molar-refractivity contribution < 1.29 is 19.8 Å². The molecule has 2 aromatic carbocycles. The van der Waals surface area contributed by atoms with Gasteiger partial charge < -0.3 is 46.8 Å². The standard InChI is InChI=1S/C28H33ClN8O2.C22H24ClN7O.C4H4BrClO/c1-36(2)13-5-8-25(38)33-20-14-32-37(17-20)18-28(39)11-9-19(10-12-28)34-27-31-16-23(29)26(35-27)22-15-30-24-7-4-3-6-21(22)24;23-18-11-26-21(29-20(18)17-10-25-19-4-2-1-3-16(17)19)28-15-5-7-22(31,8-6-15)13-30-12-14(24)9-27-30;5-3-1-2-4(6)7/h3-8,14-17,19,30,39H,9-13,18H2,1-2H3,(H,33,38)(H,31,34,35);1-4,9-12,15,25,31H,5-8,13,24H2,(H,26,28,29);1-2H,3H2/b8-5+;;2-1+. The fourth-order valence-corrected chi connectivity index (χ4v) is 10.0. The summed E-state index contributed by atoms with van der Waals surface area (Å²) < 4.78 is 3.39. The molecule has 2 saturated carbocycles. The molecule has 6 aromatic heterocycles. The maximum Gasteiger partial charge on any atom is 0.248 e. The summed E-state index contributed by atoms with van der Waals surface area (Å²) in [6, 6.07) is 16.4. The lowest BCUT2D eigenvalue weighted by Gasteiger charge is -2.36. The number of hydrogen-bond donors (Lipinski definition) is 8. The molecule has 0 aliphatic heterocycles. The highest BCUT2D eigenvalue weighted by atomic mass is 79.9. The Kier molecular flexibility index (Phi) is 19.2. The lowest BCUT2D eigenvalue weighted by atomic mass is 9.82. The molecular weight excluding hydrogens is 1110 g/mol. The van der Waals surface area contributed by atoms with Crippen molar-refractivity contribution in [1.29, 1.82) is 0 Å². The quantitative estimate of drug-likeness (QED) is 0.0255. The number of aromatic nitrogens is 10. The third kappa shape index (κ3) is 15.7. The lowest BCUT2D eigenvalue weighted by Crippen LogP contribution is -2.41. The minimum Gasteiger partial charge on any atom is -0.396 e. The van der Waals surface area contributed by atoms with Crippen LogP contribution >= 0.6 is 50.7 Å². The second kappa shape index (κ2) is 26.1. The molecule has 10 rings (SSSR count). The molecule has 1 amide bonds. The van der Waals surface area contributed by atoms with Gasteiger partial charge in [-0.15, -0.1) is 0 Å². The molecule has 23 heteroatoms. The van der Waals surface area contributed by atoms with Crippen molar-refractivity contribution in [2.75, 3.05) is 47.7 Å². The van der Waals surface area contributed by atoms with Crippen molar-refractivity contribution in [1.82, 2.24) is 54.4 Å². The van der Waals surface area contributed by atoms with Gasteiger partial charge in [0.25, 0.3) is 0 Å². The average molecular weight is 1170 g/mol. The van der Waals surface area contributed by atoms with E-state index in [1.165, 1.54) is 12.2 Å². The SMILES string of the molecule is CN(C)C/C=C/C(=O)Nc1cnn(CC2(O)CCC(Nc3ncc(Cl)c(-c4c[nH]c5ccccc45)n3)CC2)c1.Nc1cnn(CC2(O)CCC(Nc3ncc(Cl)c(-c4c[nH]c5ccccc45)n3)CC2)c1.O=C(Cl)/C=C/CBr. The number of alkyl halides is 1. The number of amides is 1. The number of likely N-dealkylation sites (N-methyl/N-ethyl adjacent to an activating group) is 1. The van der Waals surface area contributed by atoms with Crippen molar-refractivity contribution >= 4 is 107 Å². The third-order valence-corrected chi connectivity index (χ3v) is 14.3. The molecule has 0 spiro atoms. The number of benzene rings is 2. The Bertz CT molecular complexity index is 3320. The van der Waals surface area contributed by atoms with E-state index in [0.717, 1.165) is 58.6 Å². The first-order chi connectivity index (χ1) is 37.0. The minimum absolute atomic E-state index is 0.128. The number of para-hydroxylation sites is 2. The van der Waals surface area contributed by atoms with Gasteiger partial charge in [0.1, 0.15) is 0 Å². The minimum atomic E-state index is -0.882. The van der Waals surface area contributed by atoms with Gasteiger partial charge in [-0.25, -0.2) is 19.9 Å². The van der Waals surface area contributed by atoms with Crippen LogP contribution in [0.1, 0.15) is 51.4 Å². The van der Waals surface area contributed by atoms with E-state index in [1.54, 1.807) is 58.7 Å². The molecule has 0 saturated heterocycles. The van der Waals surface area contributed by atoms with Gasteiger partial charge in [0.05, 0.1) is 81.9 Å². The molecule has 2 aliphatic rings. The van der Waals surface area contributed by atoms with Crippen LogP contribution in [0, 0.1) is 0 Å². The second-order valence-corrected chi connectivity index (χ2v) is 21.3. The van der Waals surface area contributed by atoms with E-state index in [-0.39, 0.29) is 18.0 Å². The summed E-state index contributed by atoms with van der Waals surface area (Å²) in [4.78, 5) is 48.6. The number of carbonyl (C=O) groups is 2. The van der Waals surface area contributed by atoms with Gasteiger partial charge in [-0.05, 0) is 95.3 Å². The van der Waals surface area contributed by atoms with E-state index < -0.39 is 16.4 Å². The maximum absolute atomic E-state index is 12.1. The van der Waals surface area contributed by atoms with Gasteiger partial charge in [0.2, 0.25) is 23.0 Å². The average Bonchev–Trinajstić information content (AvgIpc) is 4.25. The number of fused-ring (bicyclic) bond motifs is 2. The van der Waals surface area contributed by atoms with E-state index in [0.29, 0.717) is 95.4 Å². The van der Waals surface area contributed by atoms with E-state index in [1.807, 2.05) is 79.9 Å². The molecule has 404 valence electrons. The van der Waals surface area contributed by atoms with E-state index in [2.05, 4.69) is 62.0 Å². The van der Waals surface area contributed by atoms with Crippen molar-refractivity contribution in [3.8, 4) is 22.5 Å². The highest BCUT2D eigenvalue weighted by Crippen LogP contribution is 2.36. The molecule has 9 N–H and O–H groups in total. The molecule has 6 heterocycles. The summed E-state index contributed by atoms with van der Waals surface area (Å²) in [6.45, 7) is 1.48. The van der Waals surface area contributed by atoms with Crippen LogP contribution in [-0.4, -0.2) is 125 Å². The van der Waals surface area contributed by atoms with Crippen LogP contribution in [0.15, 0.2) is 122 Å². The number of carbonyl (C=O) groups excluding carboxylic acids is 2. The predicted molar refractivity (Wildman–Crippen MR) is 309 cm³/mol. The number of H-pyrrole nitrogens is 2. The molecule has 19 nitrogen and oxygen atoms in total. The number of nitrogens with two attached hydrogens (primary N) is 1. The van der Waals surface area contributed by atoms with E-state index >= 15 is 0 Å². The van der Waals surface area contributed by atoms with Crippen LogP contribution in [0.25, 0.3) is 44.3 Å². The topological polar surface area (TPSA) is 259 Å². The lowest BCUT2D eigenvalue weighted by molar-refractivity contribution is -0.112. The molecule has 2 fully saturated rings. The van der Waals surface area contributed by atoms with Crippen molar-refractivity contribution in [3.63, 3.8) is 0 Å². The molecule has 0 bridgehead atoms. The predicted octanol–water partition coefficient (Wildman–Crippen LogP) is 9.86. The zero-order valence-electron chi connectivity index (χ0n) is 42.5. The number of halogens is 4. The highest BCUT2D eigenvalue weighted by molar-refractivity contribution is 9.09. The Morgan fingerprint density at radius 2 is 1.25 bits per heavy atom. The highest BCUT2D eigenvalue weighted by Gasteiger charge is 2.36. The maximum atomic E-state index is 12.1. The summed E-state index contributed by atoms with van der Waals surface area (Å²) >= 11 is 20.9. The number of anilines is 4. The second-order valence-electron chi connectivity index (χ2n) is 19.5. The Morgan fingerprint density at radius 3 is 1.70 bits per heavy atom. The van der Waals surface area contributed by atoms with Crippen LogP contribution in [0.5, 0.6) is 0 Å². The molecular formula is C54H61BrCl3N15O4. The van der Waals surface area contributed by atoms with Gasteiger partial charge in [0.15, 0.2) is 0 Å². The first-order valence-electron chi connectivity index (χ1n) is 25.0. The molecule has 0 atom stereocenters. The Labute approximate surface area is 468 Å². The summed E-state index contributed by atoms with van der Waals surface area (Å²) in [5.41, 5.74) is 10.6. The first kappa shape index (κ1) is 56.6. The van der Waals surface area contributed by atoms with Crippen LogP contribution in [-0.2, 0) is 22.7 Å². The van der Waals surface area contributed by atoms with Crippen LogP contribution in [0.3, 0.4) is 0 Å². The van der Waals surface area contributed by atoms with Gasteiger partial charge in [0, 0.05) is 87.8 Å². The molecule has 8 aromatic rings. The van der Waals surface area contributed by atoms with Gasteiger partial charge >= 0.3 is 0 Å². The van der Waals surface area contributed by atoms with Crippen molar-refractivity contribution in [3.05, 3.63) is 132 Å². The van der Waals surface area contributed by atoms with Gasteiger partial charge in [-0.1, -0.05) is 87.7 Å². The largest absolute Gasteiger partial charge is 0.396 e. The van der Waals surface area contributed by atoms with Crippen LogP contribution < -0.4 is 21.7 Å². The van der Waals surface area contributed by atoms with Crippen LogP contribution in [0.4, 0.5) is 23.3 Å². The number of aromatic amines is 2. The fourth-order valence-electron chi connectivity index (χ4n) is 9.34. The zero-order chi connectivity index (χ0) is 54.5. The smallest absolute Gasteiger partial charge is 0.248 e. The van der Waals surface area contributed by atoms with Crippen LogP contribution in [0.2, 0.25) is 10.0 Å². The number of allylic oxidation sites excluding steroid dienone is 2. The normalized spacial score (nSPS) is 19.5. The van der Waals surface area contributed by atoms with E-state index in [4.69, 9.17) is 50.5 Å². The number of nitrogen functional groups attached to an aromatic ring is 1. The van der Waals surface area contributed by atoms with Crippen molar-refractivity contribution in [2.45, 2.75) is 87.7 Å². The number of nitrogens with one attached hydrogen (secondary N) is 5. The molecule has 0 unspecified atom stereocenters. The number of aliphatic hydroxyl groups is 2. The Balaban J connectivity index is 0.000000185. The monoisotopic (exact) mass is 1170 g/mol. The number of rotatable bonds is 16. The summed E-state index contributed by atoms with van der Waals surface area (Å²) in [7, 11) is 3.88.